The van der Waals surface area contributed by atoms with Crippen molar-refractivity contribution in [1.29, 1.82) is 0 Å². The van der Waals surface area contributed by atoms with Gasteiger partial charge in [0.05, 0.1) is 26.2 Å². The molecule has 2 atom stereocenters. The van der Waals surface area contributed by atoms with Crippen LogP contribution in [0, 0.1) is 0 Å². The molecule has 0 spiro atoms. The molecule has 2 N–H and O–H groups in total. The molecule has 0 aromatic heterocycles. The van der Waals surface area contributed by atoms with Crippen LogP contribution in [0.3, 0.4) is 0 Å². The summed E-state index contributed by atoms with van der Waals surface area (Å²) in [4.78, 5) is 24.3. The number of carbonyl (C=O) groups excluding carboxylic acids is 2. The van der Waals surface area contributed by atoms with E-state index in [-0.39, 0.29) is 12.5 Å². The summed E-state index contributed by atoms with van der Waals surface area (Å²) in [5.74, 6) is -0.390. The lowest BCUT2D eigenvalue weighted by Crippen LogP contribution is -2.38. The van der Waals surface area contributed by atoms with Crippen LogP contribution in [0.4, 0.5) is 4.79 Å². The Morgan fingerprint density at radius 3 is 2.89 bits per heavy atom. The fraction of sp³-hybridized carbons (Fsp3) is 0.833. The number of ether oxygens (including phenoxy) is 2. The van der Waals surface area contributed by atoms with Gasteiger partial charge in [0.2, 0.25) is 0 Å². The van der Waals surface area contributed by atoms with Crippen molar-refractivity contribution in [3.05, 3.63) is 0 Å². The minimum Gasteiger partial charge on any atom is -0.466 e. The molecule has 0 aliphatic carbocycles. The second kappa shape index (κ2) is 7.96. The van der Waals surface area contributed by atoms with E-state index in [9.17, 15) is 14.7 Å². The number of rotatable bonds is 6. The number of nitrogens with zero attached hydrogens (tertiary/aromatic N) is 1. The first kappa shape index (κ1) is 15.7. The van der Waals surface area contributed by atoms with Crippen molar-refractivity contribution in [3.63, 3.8) is 0 Å². The maximum absolute atomic E-state index is 11.2. The quantitative estimate of drug-likeness (QED) is 0.648. The van der Waals surface area contributed by atoms with Gasteiger partial charge in [-0.25, -0.2) is 4.79 Å². The molecule has 1 amide bonds. The Balaban J connectivity index is 2.24. The number of nitrogens with one attached hydrogen (secondary N) is 1. The molecule has 0 aromatic rings. The molecule has 1 fully saturated rings. The second-order valence-corrected chi connectivity index (χ2v) is 4.54. The molecular formula is C12H22N2O5. The number of β-amino-alcohol motifs (C(OH)–C–C–N with tert-alkyl or cyclic N) is 1. The summed E-state index contributed by atoms with van der Waals surface area (Å²) in [6.45, 7) is 3.87. The minimum absolute atomic E-state index is 0.000559. The Morgan fingerprint density at radius 2 is 2.26 bits per heavy atom. The zero-order valence-electron chi connectivity index (χ0n) is 11.4. The van der Waals surface area contributed by atoms with Gasteiger partial charge in [0.25, 0.3) is 0 Å². The molecule has 1 rings (SSSR count). The average molecular weight is 274 g/mol. The van der Waals surface area contributed by atoms with Gasteiger partial charge in [-0.05, 0) is 13.3 Å². The molecule has 2 unspecified atom stereocenters. The molecule has 1 aliphatic heterocycles. The molecule has 1 saturated heterocycles. The number of likely N-dealkylation sites (tertiary alicyclic amines) is 1. The van der Waals surface area contributed by atoms with Gasteiger partial charge in [-0.3, -0.25) is 9.69 Å². The van der Waals surface area contributed by atoms with E-state index < -0.39 is 18.2 Å². The minimum atomic E-state index is -0.740. The van der Waals surface area contributed by atoms with E-state index in [0.29, 0.717) is 19.7 Å². The van der Waals surface area contributed by atoms with Gasteiger partial charge in [-0.2, -0.15) is 0 Å². The standard InChI is InChI=1S/C12H22N2O5/c1-3-19-11(16)6-10(15)8-14-5-4-9(7-14)13-12(17)18-2/h9-10,15H,3-8H2,1-2H3,(H,13,17). The van der Waals surface area contributed by atoms with Crippen LogP contribution >= 0.6 is 0 Å². The Morgan fingerprint density at radius 1 is 1.53 bits per heavy atom. The largest absolute Gasteiger partial charge is 0.466 e. The Kier molecular flexibility index (Phi) is 6.58. The molecule has 19 heavy (non-hydrogen) atoms. The van der Waals surface area contributed by atoms with Crippen LogP contribution in [0.15, 0.2) is 0 Å². The monoisotopic (exact) mass is 274 g/mol. The number of carbonyl (C=O) groups is 2. The number of esters is 1. The molecule has 0 bridgehead atoms. The lowest BCUT2D eigenvalue weighted by atomic mass is 10.2. The summed E-state index contributed by atoms with van der Waals surface area (Å²) < 4.78 is 9.30. The van der Waals surface area contributed by atoms with E-state index in [0.717, 1.165) is 13.0 Å². The first-order valence-corrected chi connectivity index (χ1v) is 6.45. The Bertz CT molecular complexity index is 310. The third-order valence-electron chi connectivity index (χ3n) is 2.96. The number of methoxy groups -OCH3 is 1. The number of aliphatic hydroxyl groups excluding tert-OH is 1. The number of hydrogen-bond acceptors (Lipinski definition) is 6. The van der Waals surface area contributed by atoms with Crippen LogP contribution in [0.25, 0.3) is 0 Å². The number of hydrogen-bond donors (Lipinski definition) is 2. The van der Waals surface area contributed by atoms with Crippen molar-refractivity contribution in [2.45, 2.75) is 31.9 Å². The molecule has 0 radical (unpaired) electrons. The first-order valence-electron chi connectivity index (χ1n) is 6.45. The van der Waals surface area contributed by atoms with Crippen LogP contribution in [0.1, 0.15) is 19.8 Å². The Hall–Kier alpha value is -1.34. The van der Waals surface area contributed by atoms with Crippen molar-refractivity contribution in [3.8, 4) is 0 Å². The zero-order chi connectivity index (χ0) is 14.3. The third-order valence-corrected chi connectivity index (χ3v) is 2.96. The smallest absolute Gasteiger partial charge is 0.407 e. The maximum Gasteiger partial charge on any atom is 0.407 e. The van der Waals surface area contributed by atoms with Gasteiger partial charge in [0.15, 0.2) is 0 Å². The number of amides is 1. The normalized spacial score (nSPS) is 20.9. The van der Waals surface area contributed by atoms with Gasteiger partial charge in [-0.1, -0.05) is 0 Å². The van der Waals surface area contributed by atoms with E-state index in [1.165, 1.54) is 7.11 Å². The van der Waals surface area contributed by atoms with Crippen molar-refractivity contribution in [2.75, 3.05) is 33.4 Å². The van der Waals surface area contributed by atoms with Gasteiger partial charge in [-0.15, -0.1) is 0 Å². The van der Waals surface area contributed by atoms with Gasteiger partial charge >= 0.3 is 12.1 Å². The lowest BCUT2D eigenvalue weighted by Gasteiger charge is -2.19. The maximum atomic E-state index is 11.2. The SMILES string of the molecule is CCOC(=O)CC(O)CN1CCC(NC(=O)OC)C1. The van der Waals surface area contributed by atoms with Gasteiger partial charge in [0, 0.05) is 25.7 Å². The molecule has 7 heteroatoms. The predicted octanol–water partition coefficient (Wildman–Crippen LogP) is -0.269. The fourth-order valence-corrected chi connectivity index (χ4v) is 2.12. The van der Waals surface area contributed by atoms with Crippen LogP contribution in [-0.4, -0.2) is 67.6 Å². The van der Waals surface area contributed by atoms with Gasteiger partial charge < -0.3 is 19.9 Å². The molecule has 110 valence electrons. The van der Waals surface area contributed by atoms with Crippen molar-refractivity contribution >= 4 is 12.1 Å². The molecule has 0 saturated carbocycles. The summed E-state index contributed by atoms with van der Waals surface area (Å²) in [6, 6.07) is 0.0299. The highest BCUT2D eigenvalue weighted by Gasteiger charge is 2.26. The molecule has 0 aromatic carbocycles. The summed E-state index contributed by atoms with van der Waals surface area (Å²) in [6.07, 6.45) is -0.379. The van der Waals surface area contributed by atoms with Crippen molar-refractivity contribution in [2.24, 2.45) is 0 Å². The number of alkyl carbamates (subject to hydrolysis) is 1. The highest BCUT2D eigenvalue weighted by atomic mass is 16.5. The molecule has 1 aliphatic rings. The van der Waals surface area contributed by atoms with Crippen LogP contribution in [-0.2, 0) is 14.3 Å². The van der Waals surface area contributed by atoms with E-state index in [2.05, 4.69) is 10.1 Å². The Labute approximate surface area is 112 Å². The lowest BCUT2D eigenvalue weighted by molar-refractivity contribution is -0.145. The van der Waals surface area contributed by atoms with E-state index in [1.807, 2.05) is 4.90 Å². The average Bonchev–Trinajstić information content (AvgIpc) is 2.76. The summed E-state index contributed by atoms with van der Waals surface area (Å²) >= 11 is 0. The summed E-state index contributed by atoms with van der Waals surface area (Å²) in [5.41, 5.74) is 0. The molecular weight excluding hydrogens is 252 g/mol. The van der Waals surface area contributed by atoms with Crippen LogP contribution < -0.4 is 5.32 Å². The zero-order valence-corrected chi connectivity index (χ0v) is 11.4. The summed E-state index contributed by atoms with van der Waals surface area (Å²) in [7, 11) is 1.32. The molecule has 7 nitrogen and oxygen atoms in total. The van der Waals surface area contributed by atoms with E-state index in [4.69, 9.17) is 4.74 Å². The molecule has 1 heterocycles. The van der Waals surface area contributed by atoms with Crippen LogP contribution in [0.2, 0.25) is 0 Å². The number of aliphatic hydroxyl groups is 1. The topological polar surface area (TPSA) is 88.1 Å². The third kappa shape index (κ3) is 5.89. The van der Waals surface area contributed by atoms with E-state index >= 15 is 0 Å². The highest BCUT2D eigenvalue weighted by Crippen LogP contribution is 2.11. The predicted molar refractivity (Wildman–Crippen MR) is 67.6 cm³/mol. The fourth-order valence-electron chi connectivity index (χ4n) is 2.12. The van der Waals surface area contributed by atoms with Crippen molar-refractivity contribution in [1.82, 2.24) is 10.2 Å². The first-order chi connectivity index (χ1) is 9.05. The van der Waals surface area contributed by atoms with E-state index in [1.54, 1.807) is 6.92 Å². The summed E-state index contributed by atoms with van der Waals surface area (Å²) in [5, 5.41) is 12.5. The second-order valence-electron chi connectivity index (χ2n) is 4.54. The van der Waals surface area contributed by atoms with Crippen molar-refractivity contribution < 1.29 is 24.2 Å². The highest BCUT2D eigenvalue weighted by molar-refractivity contribution is 5.69. The van der Waals surface area contributed by atoms with Crippen LogP contribution in [0.5, 0.6) is 0 Å². The van der Waals surface area contributed by atoms with Gasteiger partial charge in [0.1, 0.15) is 0 Å².